The van der Waals surface area contributed by atoms with Gasteiger partial charge in [-0.25, -0.2) is 0 Å². The van der Waals surface area contributed by atoms with Gasteiger partial charge in [0, 0.05) is 11.0 Å². The molecule has 12 heavy (non-hydrogen) atoms. The SMILES string of the molecule is CCC(S)(S)C(S)(S)C(S)CS. The van der Waals surface area contributed by atoms with Gasteiger partial charge in [-0.3, -0.25) is 0 Å². The normalized spacial score (nSPS) is 16.2. The molecule has 0 saturated carbocycles. The molecule has 0 amide bonds. The zero-order valence-electron chi connectivity index (χ0n) is 6.67. The first-order chi connectivity index (χ1) is 5.29. The van der Waals surface area contributed by atoms with Crippen LogP contribution in [0, 0.1) is 0 Å². The summed E-state index contributed by atoms with van der Waals surface area (Å²) in [6.45, 7) is 1.99. The van der Waals surface area contributed by atoms with E-state index in [9.17, 15) is 0 Å². The molecule has 0 aliphatic carbocycles. The van der Waals surface area contributed by atoms with E-state index in [-0.39, 0.29) is 5.25 Å². The van der Waals surface area contributed by atoms with Gasteiger partial charge in [0.15, 0.2) is 0 Å². The number of rotatable bonds is 4. The molecule has 0 rings (SSSR count). The Bertz CT molecular complexity index is 143. The summed E-state index contributed by atoms with van der Waals surface area (Å²) in [6, 6.07) is 0. The monoisotopic (exact) mass is 278 g/mol. The van der Waals surface area contributed by atoms with E-state index >= 15 is 0 Å². The lowest BCUT2D eigenvalue weighted by Crippen LogP contribution is -2.44. The molecule has 0 heterocycles. The predicted molar refractivity (Wildman–Crippen MR) is 78.3 cm³/mol. The quantitative estimate of drug-likeness (QED) is 0.331. The summed E-state index contributed by atoms with van der Waals surface area (Å²) in [5.74, 6) is 0.596. The van der Waals surface area contributed by atoms with E-state index in [0.29, 0.717) is 5.75 Å². The van der Waals surface area contributed by atoms with E-state index in [1.807, 2.05) is 6.92 Å². The lowest BCUT2D eigenvalue weighted by molar-refractivity contribution is 0.686. The van der Waals surface area contributed by atoms with E-state index in [4.69, 9.17) is 0 Å². The Hall–Kier alpha value is 2.10. The maximum Gasteiger partial charge on any atom is 0.0908 e. The van der Waals surface area contributed by atoms with Crippen molar-refractivity contribution in [3.63, 3.8) is 0 Å². The topological polar surface area (TPSA) is 0 Å². The first kappa shape index (κ1) is 14.1. The standard InChI is InChI=1S/C6H14S6/c1-2-5(9,10)6(11,12)4(8)3-7/h4,7-12H,2-3H2,1H3. The van der Waals surface area contributed by atoms with Crippen LogP contribution in [0.3, 0.4) is 0 Å². The maximum atomic E-state index is 4.41. The highest BCUT2D eigenvalue weighted by Gasteiger charge is 2.44. The van der Waals surface area contributed by atoms with Crippen LogP contribution < -0.4 is 0 Å². The van der Waals surface area contributed by atoms with Crippen LogP contribution in [0.5, 0.6) is 0 Å². The second kappa shape index (κ2) is 5.26. The van der Waals surface area contributed by atoms with Crippen LogP contribution in [0.4, 0.5) is 0 Å². The first-order valence-corrected chi connectivity index (χ1v) is 6.41. The van der Waals surface area contributed by atoms with Gasteiger partial charge >= 0.3 is 0 Å². The van der Waals surface area contributed by atoms with Gasteiger partial charge in [0.05, 0.1) is 8.16 Å². The third-order valence-electron chi connectivity index (χ3n) is 1.72. The number of thiol groups is 6. The molecular weight excluding hydrogens is 264 g/mol. The molecule has 0 aliphatic rings. The van der Waals surface area contributed by atoms with Crippen LogP contribution in [-0.2, 0) is 0 Å². The molecule has 0 nitrogen and oxygen atoms in total. The van der Waals surface area contributed by atoms with Crippen molar-refractivity contribution in [3.8, 4) is 0 Å². The highest BCUT2D eigenvalue weighted by molar-refractivity contribution is 8.09. The highest BCUT2D eigenvalue weighted by Crippen LogP contribution is 2.47. The molecule has 0 aromatic rings. The fourth-order valence-electron chi connectivity index (χ4n) is 0.654. The van der Waals surface area contributed by atoms with Gasteiger partial charge in [0.1, 0.15) is 0 Å². The molecule has 0 aliphatic heterocycles. The zero-order chi connectivity index (χ0) is 9.99. The molecule has 0 aromatic heterocycles. The first-order valence-electron chi connectivity index (χ1n) is 3.48. The van der Waals surface area contributed by atoms with Crippen LogP contribution >= 0.6 is 75.8 Å². The smallest absolute Gasteiger partial charge is 0.0908 e. The lowest BCUT2D eigenvalue weighted by atomic mass is 10.1. The Labute approximate surface area is 107 Å². The van der Waals surface area contributed by atoms with Crippen LogP contribution in [-0.4, -0.2) is 19.2 Å². The van der Waals surface area contributed by atoms with Crippen molar-refractivity contribution in [2.45, 2.75) is 26.8 Å². The largest absolute Gasteiger partial charge is 0.178 e. The van der Waals surface area contributed by atoms with Gasteiger partial charge in [-0.1, -0.05) is 6.92 Å². The molecule has 6 heteroatoms. The second-order valence-electron chi connectivity index (χ2n) is 2.59. The Kier molecular flexibility index (Phi) is 6.18. The molecule has 74 valence electrons. The van der Waals surface area contributed by atoms with Gasteiger partial charge in [0.2, 0.25) is 0 Å². The summed E-state index contributed by atoms with van der Waals surface area (Å²) in [5.41, 5.74) is 0. The van der Waals surface area contributed by atoms with E-state index in [1.165, 1.54) is 0 Å². The molecule has 0 bridgehead atoms. The molecule has 0 fully saturated rings. The average molecular weight is 279 g/mol. The minimum absolute atomic E-state index is 0.0533. The van der Waals surface area contributed by atoms with E-state index in [2.05, 4.69) is 75.8 Å². The Balaban J connectivity index is 4.58. The van der Waals surface area contributed by atoms with Gasteiger partial charge in [-0.2, -0.15) is 75.8 Å². The predicted octanol–water partition coefficient (Wildman–Crippen LogP) is 2.74. The maximum absolute atomic E-state index is 4.41. The summed E-state index contributed by atoms with van der Waals surface area (Å²) >= 11 is 26.1. The molecule has 0 radical (unpaired) electrons. The van der Waals surface area contributed by atoms with Crippen molar-refractivity contribution in [1.82, 2.24) is 0 Å². The van der Waals surface area contributed by atoms with Crippen molar-refractivity contribution >= 4 is 75.8 Å². The van der Waals surface area contributed by atoms with E-state index < -0.39 is 8.16 Å². The molecule has 0 aromatic carbocycles. The van der Waals surface area contributed by atoms with Gasteiger partial charge in [0.25, 0.3) is 0 Å². The Morgan fingerprint density at radius 3 is 1.83 bits per heavy atom. The number of hydrogen-bond donors (Lipinski definition) is 6. The summed E-state index contributed by atoms with van der Waals surface area (Å²) in [6.07, 6.45) is 0.761. The van der Waals surface area contributed by atoms with Gasteiger partial charge in [-0.15, -0.1) is 0 Å². The van der Waals surface area contributed by atoms with Crippen molar-refractivity contribution < 1.29 is 0 Å². The molecule has 0 saturated heterocycles. The third kappa shape index (κ3) is 3.05. The summed E-state index contributed by atoms with van der Waals surface area (Å²) in [5, 5.41) is -0.0533. The van der Waals surface area contributed by atoms with Gasteiger partial charge in [-0.05, 0) is 6.42 Å². The van der Waals surface area contributed by atoms with E-state index in [0.717, 1.165) is 6.42 Å². The van der Waals surface area contributed by atoms with Crippen LogP contribution in [0.2, 0.25) is 0 Å². The molecule has 1 unspecified atom stereocenters. The van der Waals surface area contributed by atoms with Crippen molar-refractivity contribution in [3.05, 3.63) is 0 Å². The number of hydrogen-bond acceptors (Lipinski definition) is 6. The summed E-state index contributed by atoms with van der Waals surface area (Å²) in [4.78, 5) is 0. The second-order valence-corrected chi connectivity index (χ2v) is 7.23. The molecule has 0 N–H and O–H groups in total. The minimum atomic E-state index is -0.640. The van der Waals surface area contributed by atoms with Gasteiger partial charge < -0.3 is 0 Å². The zero-order valence-corrected chi connectivity index (χ0v) is 12.0. The fraction of sp³-hybridized carbons (Fsp3) is 1.00. The summed E-state index contributed by atoms with van der Waals surface area (Å²) in [7, 11) is 0. The average Bonchev–Trinajstić information content (AvgIpc) is 2.02. The molecule has 1 atom stereocenters. The summed E-state index contributed by atoms with van der Waals surface area (Å²) < 4.78 is -1.19. The third-order valence-corrected chi connectivity index (χ3v) is 6.78. The van der Waals surface area contributed by atoms with E-state index in [1.54, 1.807) is 0 Å². The molecule has 0 spiro atoms. The lowest BCUT2D eigenvalue weighted by Gasteiger charge is -2.40. The Morgan fingerprint density at radius 1 is 1.17 bits per heavy atom. The molecular formula is C6H14S6. The van der Waals surface area contributed by atoms with Crippen LogP contribution in [0.25, 0.3) is 0 Å². The minimum Gasteiger partial charge on any atom is -0.178 e. The van der Waals surface area contributed by atoms with Crippen molar-refractivity contribution in [2.75, 3.05) is 5.75 Å². The fourth-order valence-corrected chi connectivity index (χ4v) is 2.45. The van der Waals surface area contributed by atoms with Crippen molar-refractivity contribution in [1.29, 1.82) is 0 Å². The Morgan fingerprint density at radius 2 is 1.58 bits per heavy atom. The van der Waals surface area contributed by atoms with Crippen molar-refractivity contribution in [2.24, 2.45) is 0 Å². The van der Waals surface area contributed by atoms with Crippen LogP contribution in [0.15, 0.2) is 0 Å². The highest BCUT2D eigenvalue weighted by atomic mass is 32.2. The van der Waals surface area contributed by atoms with Crippen LogP contribution in [0.1, 0.15) is 13.3 Å².